The molecule has 2 heterocycles. The standard InChI is InChI=1S/C19H17ClFN3O3/c20-15-9-12(1-6-16(25)26)10-23-18(15)24-19(7-8-22-11-19)17(27)13-2-4-14(21)5-3-13/h1-6,9-10,22H,7-8,11H2,(H,23,24)(H,25,26)/b6-1+/t19-/m1/s1. The molecule has 1 aromatic carbocycles. The van der Waals surface area contributed by atoms with Gasteiger partial charge in [0.05, 0.1) is 5.02 Å². The number of ketones is 1. The molecule has 6 nitrogen and oxygen atoms in total. The third-order valence-corrected chi connectivity index (χ3v) is 4.62. The number of benzene rings is 1. The molecule has 0 spiro atoms. The van der Waals surface area contributed by atoms with E-state index in [2.05, 4.69) is 15.6 Å². The van der Waals surface area contributed by atoms with Gasteiger partial charge in [-0.1, -0.05) is 11.6 Å². The van der Waals surface area contributed by atoms with Crippen LogP contribution in [-0.2, 0) is 4.79 Å². The molecular weight excluding hydrogens is 373 g/mol. The van der Waals surface area contributed by atoms with Crippen LogP contribution in [0.4, 0.5) is 10.2 Å². The Morgan fingerprint density at radius 2 is 2.07 bits per heavy atom. The van der Waals surface area contributed by atoms with E-state index in [1.54, 1.807) is 6.07 Å². The summed E-state index contributed by atoms with van der Waals surface area (Å²) in [7, 11) is 0. The van der Waals surface area contributed by atoms with Gasteiger partial charge in [0.2, 0.25) is 0 Å². The lowest BCUT2D eigenvalue weighted by molar-refractivity contribution is -0.131. The number of carbonyl (C=O) groups excluding carboxylic acids is 1. The summed E-state index contributed by atoms with van der Waals surface area (Å²) in [6.45, 7) is 1.01. The maximum Gasteiger partial charge on any atom is 0.328 e. The minimum absolute atomic E-state index is 0.180. The topological polar surface area (TPSA) is 91.3 Å². The first kappa shape index (κ1) is 19.0. The molecule has 1 atom stereocenters. The lowest BCUT2D eigenvalue weighted by atomic mass is 9.88. The number of hydrogen-bond donors (Lipinski definition) is 3. The molecule has 1 aliphatic heterocycles. The monoisotopic (exact) mass is 389 g/mol. The molecule has 8 heteroatoms. The molecule has 0 amide bonds. The summed E-state index contributed by atoms with van der Waals surface area (Å²) in [4.78, 5) is 27.9. The van der Waals surface area contributed by atoms with E-state index >= 15 is 0 Å². The zero-order valence-corrected chi connectivity index (χ0v) is 15.0. The first-order valence-corrected chi connectivity index (χ1v) is 8.63. The number of Topliss-reactive ketones (excluding diaryl/α,β-unsaturated/α-hetero) is 1. The molecule has 0 saturated carbocycles. The number of aromatic nitrogens is 1. The number of carbonyl (C=O) groups is 2. The zero-order chi connectivity index (χ0) is 19.4. The number of pyridine rings is 1. The highest BCUT2D eigenvalue weighted by Gasteiger charge is 2.42. The Balaban J connectivity index is 1.87. The van der Waals surface area contributed by atoms with E-state index in [9.17, 15) is 14.0 Å². The maximum atomic E-state index is 13.2. The van der Waals surface area contributed by atoms with Crippen molar-refractivity contribution in [1.29, 1.82) is 0 Å². The van der Waals surface area contributed by atoms with Crippen molar-refractivity contribution in [2.75, 3.05) is 18.4 Å². The summed E-state index contributed by atoms with van der Waals surface area (Å²) in [6.07, 6.45) is 4.34. The molecule has 3 rings (SSSR count). The summed E-state index contributed by atoms with van der Waals surface area (Å²) >= 11 is 6.27. The Kier molecular flexibility index (Phi) is 5.53. The third kappa shape index (κ3) is 4.32. The van der Waals surface area contributed by atoms with Gasteiger partial charge in [-0.05, 0) is 54.9 Å². The lowest BCUT2D eigenvalue weighted by Crippen LogP contribution is -2.48. The predicted molar refractivity (Wildman–Crippen MR) is 100 cm³/mol. The maximum absolute atomic E-state index is 13.2. The van der Waals surface area contributed by atoms with Gasteiger partial charge < -0.3 is 15.7 Å². The molecule has 1 saturated heterocycles. The van der Waals surface area contributed by atoms with Crippen molar-refractivity contribution in [2.45, 2.75) is 12.0 Å². The van der Waals surface area contributed by atoms with Crippen LogP contribution in [0, 0.1) is 5.82 Å². The molecule has 0 aliphatic carbocycles. The fraction of sp³-hybridized carbons (Fsp3) is 0.211. The van der Waals surface area contributed by atoms with Gasteiger partial charge >= 0.3 is 5.97 Å². The lowest BCUT2D eigenvalue weighted by Gasteiger charge is -2.29. The van der Waals surface area contributed by atoms with Crippen LogP contribution in [0.5, 0.6) is 0 Å². The molecule has 1 aromatic heterocycles. The molecular formula is C19H17ClFN3O3. The van der Waals surface area contributed by atoms with E-state index in [1.807, 2.05) is 0 Å². The van der Waals surface area contributed by atoms with Crippen LogP contribution < -0.4 is 10.6 Å². The van der Waals surface area contributed by atoms with Crippen LogP contribution in [0.25, 0.3) is 6.08 Å². The Hall–Kier alpha value is -2.77. The molecule has 27 heavy (non-hydrogen) atoms. The van der Waals surface area contributed by atoms with Gasteiger partial charge in [0, 0.05) is 24.4 Å². The minimum atomic E-state index is -1.07. The van der Waals surface area contributed by atoms with Crippen molar-refractivity contribution >= 4 is 35.2 Å². The molecule has 0 unspecified atom stereocenters. The van der Waals surface area contributed by atoms with Gasteiger partial charge in [0.1, 0.15) is 17.2 Å². The smallest absolute Gasteiger partial charge is 0.328 e. The average molecular weight is 390 g/mol. The minimum Gasteiger partial charge on any atom is -0.478 e. The molecule has 140 valence electrons. The quantitative estimate of drug-likeness (QED) is 0.519. The van der Waals surface area contributed by atoms with Crippen molar-refractivity contribution in [3.8, 4) is 0 Å². The van der Waals surface area contributed by atoms with Crippen LogP contribution in [0.15, 0.2) is 42.6 Å². The van der Waals surface area contributed by atoms with Gasteiger partial charge in [0.15, 0.2) is 5.78 Å². The van der Waals surface area contributed by atoms with E-state index in [0.29, 0.717) is 36.5 Å². The molecule has 0 radical (unpaired) electrons. The predicted octanol–water partition coefficient (Wildman–Crippen LogP) is 3.00. The number of nitrogens with zero attached hydrogens (tertiary/aromatic N) is 1. The Morgan fingerprint density at radius 3 is 2.67 bits per heavy atom. The number of halogens is 2. The van der Waals surface area contributed by atoms with E-state index < -0.39 is 17.3 Å². The molecule has 1 fully saturated rings. The summed E-state index contributed by atoms with van der Waals surface area (Å²) < 4.78 is 13.2. The average Bonchev–Trinajstić information content (AvgIpc) is 3.12. The zero-order valence-electron chi connectivity index (χ0n) is 14.2. The van der Waals surface area contributed by atoms with Crippen LogP contribution in [0.3, 0.4) is 0 Å². The molecule has 0 bridgehead atoms. The second kappa shape index (κ2) is 7.85. The number of anilines is 1. The van der Waals surface area contributed by atoms with Crippen molar-refractivity contribution < 1.29 is 19.1 Å². The first-order chi connectivity index (χ1) is 12.9. The SMILES string of the molecule is O=C(O)/C=C/c1cnc(N[C@]2(C(=O)c3ccc(F)cc3)CCNC2)c(Cl)c1. The fourth-order valence-electron chi connectivity index (χ4n) is 2.96. The normalized spacial score (nSPS) is 19.3. The first-order valence-electron chi connectivity index (χ1n) is 8.25. The largest absolute Gasteiger partial charge is 0.478 e. The highest BCUT2D eigenvalue weighted by atomic mass is 35.5. The third-order valence-electron chi connectivity index (χ3n) is 4.33. The number of rotatable bonds is 6. The number of hydrogen-bond acceptors (Lipinski definition) is 5. The van der Waals surface area contributed by atoms with Crippen molar-refractivity contribution in [1.82, 2.24) is 10.3 Å². The summed E-state index contributed by atoms with van der Waals surface area (Å²) in [5, 5.41) is 15.2. The highest BCUT2D eigenvalue weighted by molar-refractivity contribution is 6.33. The summed E-state index contributed by atoms with van der Waals surface area (Å²) in [5.41, 5.74) is -0.0338. The van der Waals surface area contributed by atoms with Crippen LogP contribution in [-0.4, -0.2) is 40.5 Å². The van der Waals surface area contributed by atoms with Crippen LogP contribution in [0.1, 0.15) is 22.3 Å². The summed E-state index contributed by atoms with van der Waals surface area (Å²) in [6, 6.07) is 6.97. The highest BCUT2D eigenvalue weighted by Crippen LogP contribution is 2.29. The van der Waals surface area contributed by atoms with E-state index in [-0.39, 0.29) is 10.8 Å². The Bertz CT molecular complexity index is 894. The number of carboxylic acid groups (broad SMARTS) is 1. The van der Waals surface area contributed by atoms with E-state index in [1.165, 1.54) is 36.5 Å². The molecule has 1 aliphatic rings. The molecule has 3 N–H and O–H groups in total. The van der Waals surface area contributed by atoms with Gasteiger partial charge in [0.25, 0.3) is 0 Å². The van der Waals surface area contributed by atoms with Crippen LogP contribution >= 0.6 is 11.6 Å². The summed E-state index contributed by atoms with van der Waals surface area (Å²) in [5.74, 6) is -1.34. The van der Waals surface area contributed by atoms with Gasteiger partial charge in [-0.2, -0.15) is 0 Å². The number of carboxylic acids is 1. The fourth-order valence-corrected chi connectivity index (χ4v) is 3.18. The number of nitrogens with one attached hydrogen (secondary N) is 2. The molecule has 2 aromatic rings. The van der Waals surface area contributed by atoms with Gasteiger partial charge in [-0.15, -0.1) is 0 Å². The van der Waals surface area contributed by atoms with Crippen molar-refractivity contribution in [3.05, 3.63) is 64.6 Å². The van der Waals surface area contributed by atoms with Gasteiger partial charge in [-0.25, -0.2) is 14.2 Å². The Labute approximate surface area is 160 Å². The van der Waals surface area contributed by atoms with Crippen molar-refractivity contribution in [3.63, 3.8) is 0 Å². The van der Waals surface area contributed by atoms with Crippen molar-refractivity contribution in [2.24, 2.45) is 0 Å². The van der Waals surface area contributed by atoms with Gasteiger partial charge in [-0.3, -0.25) is 4.79 Å². The Morgan fingerprint density at radius 1 is 1.33 bits per heavy atom. The van der Waals surface area contributed by atoms with Crippen LogP contribution in [0.2, 0.25) is 5.02 Å². The second-order valence-electron chi connectivity index (χ2n) is 6.24. The van der Waals surface area contributed by atoms with E-state index in [4.69, 9.17) is 16.7 Å². The second-order valence-corrected chi connectivity index (χ2v) is 6.65. The van der Waals surface area contributed by atoms with E-state index in [0.717, 1.165) is 6.08 Å². The number of aliphatic carboxylic acids is 1.